The number of amides is 6. The van der Waals surface area contributed by atoms with Crippen molar-refractivity contribution in [1.82, 2.24) is 40.5 Å². The number of carboxylic acid groups (broad SMARTS) is 1. The monoisotopic (exact) mass is 967 g/mol. The molecule has 1 saturated heterocycles. The Bertz CT molecular complexity index is 2770. The van der Waals surface area contributed by atoms with E-state index in [-0.39, 0.29) is 50.0 Å². The molecule has 1 fully saturated rings. The lowest BCUT2D eigenvalue weighted by Crippen LogP contribution is -2.60. The van der Waals surface area contributed by atoms with E-state index in [0.717, 1.165) is 57.4 Å². The fraction of sp³-hybridized carbons (Fsp3) is 0.418. The largest absolute Gasteiger partial charge is 0.465 e. The molecule has 374 valence electrons. The van der Waals surface area contributed by atoms with Crippen molar-refractivity contribution in [3.63, 3.8) is 0 Å². The van der Waals surface area contributed by atoms with E-state index in [4.69, 9.17) is 4.74 Å². The second-order valence-corrected chi connectivity index (χ2v) is 20.3. The first-order valence-electron chi connectivity index (χ1n) is 24.5. The minimum atomic E-state index is -1.30. The van der Waals surface area contributed by atoms with E-state index in [0.29, 0.717) is 18.5 Å². The van der Waals surface area contributed by atoms with E-state index < -0.39 is 59.6 Å². The Balaban J connectivity index is 1.03. The summed E-state index contributed by atoms with van der Waals surface area (Å²) in [6.45, 7) is 7.94. The van der Waals surface area contributed by atoms with Crippen molar-refractivity contribution in [3.05, 3.63) is 143 Å². The fourth-order valence-electron chi connectivity index (χ4n) is 10.3. The highest BCUT2D eigenvalue weighted by Crippen LogP contribution is 2.33. The van der Waals surface area contributed by atoms with Crippen LogP contribution in [0.3, 0.4) is 0 Å². The summed E-state index contributed by atoms with van der Waals surface area (Å²) < 4.78 is 7.23. The summed E-state index contributed by atoms with van der Waals surface area (Å²) in [5, 5.41) is 22.9. The van der Waals surface area contributed by atoms with Gasteiger partial charge in [-0.2, -0.15) is 0 Å². The molecule has 2 aliphatic heterocycles. The topological polar surface area (TPSA) is 195 Å². The van der Waals surface area contributed by atoms with Crippen molar-refractivity contribution in [3.8, 4) is 0 Å². The number of hydrogen-bond acceptors (Lipinski definition) is 8. The molecule has 6 amide bonds. The molecule has 16 nitrogen and oxygen atoms in total. The highest BCUT2D eigenvalue weighted by molar-refractivity contribution is 5.96. The van der Waals surface area contributed by atoms with Gasteiger partial charge in [-0.25, -0.2) is 9.59 Å². The van der Waals surface area contributed by atoms with E-state index in [2.05, 4.69) is 39.5 Å². The van der Waals surface area contributed by atoms with E-state index in [1.165, 1.54) is 29.0 Å². The van der Waals surface area contributed by atoms with E-state index >= 15 is 0 Å². The number of aromatic nitrogens is 1. The van der Waals surface area contributed by atoms with Gasteiger partial charge in [-0.1, -0.05) is 106 Å². The summed E-state index contributed by atoms with van der Waals surface area (Å²) in [6.07, 6.45) is 3.56. The fourth-order valence-corrected chi connectivity index (χ4v) is 10.3. The molecule has 1 aromatic heterocycles. The normalized spacial score (nSPS) is 19.9. The third-order valence-corrected chi connectivity index (χ3v) is 14.4. The van der Waals surface area contributed by atoms with Gasteiger partial charge in [-0.05, 0) is 96.0 Å². The number of hydrogen-bond donors (Lipinski definition) is 5. The van der Waals surface area contributed by atoms with Gasteiger partial charge in [0.15, 0.2) is 0 Å². The number of benzene rings is 4. The first-order valence-corrected chi connectivity index (χ1v) is 24.5. The lowest BCUT2D eigenvalue weighted by Gasteiger charge is -2.37. The Morgan fingerprint density at radius 1 is 0.887 bits per heavy atom. The number of carbonyl (C=O) groups excluding carboxylic acids is 5. The Morgan fingerprint density at radius 2 is 1.59 bits per heavy atom. The van der Waals surface area contributed by atoms with Gasteiger partial charge in [0.2, 0.25) is 23.6 Å². The Morgan fingerprint density at radius 3 is 2.31 bits per heavy atom. The number of carbonyl (C=O) groups is 6. The van der Waals surface area contributed by atoms with Gasteiger partial charge >= 0.3 is 12.1 Å². The van der Waals surface area contributed by atoms with Crippen molar-refractivity contribution in [1.29, 1.82) is 0 Å². The van der Waals surface area contributed by atoms with Crippen molar-refractivity contribution in [2.24, 2.45) is 5.41 Å². The number of aryl methyl sites for hydroxylation is 1. The zero-order valence-electron chi connectivity index (χ0n) is 41.4. The van der Waals surface area contributed by atoms with Crippen molar-refractivity contribution < 1.29 is 38.6 Å². The maximum absolute atomic E-state index is 14.8. The van der Waals surface area contributed by atoms with E-state index in [1.54, 1.807) is 34.1 Å². The summed E-state index contributed by atoms with van der Waals surface area (Å²) in [4.78, 5) is 87.6. The highest BCUT2D eigenvalue weighted by Gasteiger charge is 2.46. The average molecular weight is 967 g/mol. The summed E-state index contributed by atoms with van der Waals surface area (Å²) in [5.74, 6) is -1.59. The van der Waals surface area contributed by atoms with Crippen molar-refractivity contribution in [2.75, 3.05) is 27.3 Å². The quantitative estimate of drug-likeness (QED) is 0.0847. The van der Waals surface area contributed by atoms with E-state index in [9.17, 15) is 33.9 Å². The second kappa shape index (κ2) is 21.5. The number of methoxy groups -OCH3 is 1. The molecule has 0 saturated carbocycles. The lowest BCUT2D eigenvalue weighted by molar-refractivity contribution is -0.144. The van der Waals surface area contributed by atoms with Gasteiger partial charge in [-0.3, -0.25) is 28.6 Å². The zero-order chi connectivity index (χ0) is 50.6. The molecule has 0 unspecified atom stereocenters. The maximum Gasteiger partial charge on any atom is 0.407 e. The van der Waals surface area contributed by atoms with Gasteiger partial charge in [0.25, 0.3) is 0 Å². The van der Waals surface area contributed by atoms with Crippen LogP contribution in [0.5, 0.6) is 0 Å². The second-order valence-electron chi connectivity index (χ2n) is 20.3. The molecule has 8 rings (SSSR count). The van der Waals surface area contributed by atoms with Gasteiger partial charge in [0, 0.05) is 45.4 Å². The number of likely N-dealkylation sites (tertiary alicyclic amines) is 1. The first kappa shape index (κ1) is 50.4. The summed E-state index contributed by atoms with van der Waals surface area (Å²) >= 11 is 0. The molecule has 1 aliphatic carbocycles. The molecular weight excluding hydrogens is 901 g/mol. The predicted octanol–water partition coefficient (Wildman–Crippen LogP) is 6.32. The van der Waals surface area contributed by atoms with Crippen LogP contribution in [-0.4, -0.2) is 118 Å². The lowest BCUT2D eigenvalue weighted by atomic mass is 9.85. The van der Waals surface area contributed by atoms with Gasteiger partial charge in [0.05, 0.1) is 36.3 Å². The van der Waals surface area contributed by atoms with Crippen LogP contribution in [0.4, 0.5) is 9.59 Å². The van der Waals surface area contributed by atoms with Crippen LogP contribution in [0.15, 0.2) is 109 Å². The standard InChI is InChI=1S/C55H66N8O8/c1-34(60(5)54(69)70)49(64)59-48(55(2,3)4)52(67)63-32-41(29-46(63)50(65)58-43-22-14-20-36-15-12-13-21-42(36)43)57-53(68)61-26-25-39-27-35(23-24-45(39)61)31-62(47(33-71-6)37-16-8-7-9-17-37)51(66)44-28-38-18-10-11-19-40(38)30-56-44/h7-13,15-19,21,23-27,34,41,43-44,46-48,56H,14,20,22,28-33H2,1-6H3,(H,57,68)(H,58,65)(H,59,64)(H,69,70)/t34-,41-,43-,44-,46-,47-,48+/m0/s1. The summed E-state index contributed by atoms with van der Waals surface area (Å²) in [6, 6.07) is 28.2. The Hall–Kier alpha value is -7.04. The molecule has 7 atom stereocenters. The summed E-state index contributed by atoms with van der Waals surface area (Å²) in [7, 11) is 2.91. The Labute approximate surface area is 415 Å². The Kier molecular flexibility index (Phi) is 15.3. The van der Waals surface area contributed by atoms with E-state index in [1.807, 2.05) is 89.8 Å². The minimum Gasteiger partial charge on any atom is -0.465 e. The van der Waals surface area contributed by atoms with Gasteiger partial charge in [-0.15, -0.1) is 0 Å². The highest BCUT2D eigenvalue weighted by atomic mass is 16.5. The maximum atomic E-state index is 14.8. The van der Waals surface area contributed by atoms with Crippen LogP contribution >= 0.6 is 0 Å². The van der Waals surface area contributed by atoms with Crippen molar-refractivity contribution >= 4 is 46.7 Å². The predicted molar refractivity (Wildman–Crippen MR) is 269 cm³/mol. The van der Waals surface area contributed by atoms with Crippen LogP contribution in [0.1, 0.15) is 92.4 Å². The molecule has 71 heavy (non-hydrogen) atoms. The molecule has 4 aromatic carbocycles. The van der Waals surface area contributed by atoms with Gasteiger partial charge < -0.3 is 40.9 Å². The number of likely N-dealkylation sites (N-methyl/N-ethyl adjacent to an activating group) is 1. The molecular formula is C55H66N8O8. The number of nitrogens with zero attached hydrogens (tertiary/aromatic N) is 4. The molecule has 0 bridgehead atoms. The summed E-state index contributed by atoms with van der Waals surface area (Å²) in [5.41, 5.74) is 6.10. The molecule has 16 heteroatoms. The minimum absolute atomic E-state index is 0.0182. The average Bonchev–Trinajstić information content (AvgIpc) is 4.00. The first-order chi connectivity index (χ1) is 34.0. The molecule has 0 radical (unpaired) electrons. The van der Waals surface area contributed by atoms with Crippen LogP contribution < -0.4 is 21.3 Å². The number of fused-ring (bicyclic) bond motifs is 3. The van der Waals surface area contributed by atoms with Crippen LogP contribution in [0.25, 0.3) is 10.9 Å². The molecule has 0 spiro atoms. The SMILES string of the molecule is COC[C@@H](c1ccccc1)N(Cc1ccc2c(ccn2C(=O)N[C@H]2C[C@@H](C(=O)N[C@H]3CCCc4ccccc43)N(C(=O)[C@@H](NC(=O)[C@H](C)N(C)C(=O)O)C(C)(C)C)C2)c1)C(=O)[C@@H]1Cc2ccccc2CN1. The smallest absolute Gasteiger partial charge is 0.407 e. The molecule has 5 aromatic rings. The van der Waals surface area contributed by atoms with Gasteiger partial charge in [0.1, 0.15) is 18.1 Å². The van der Waals surface area contributed by atoms with Crippen molar-refractivity contribution in [2.45, 2.75) is 115 Å². The molecule has 3 aliphatic rings. The number of rotatable bonds is 14. The van der Waals surface area contributed by atoms with Crippen LogP contribution in [0, 0.1) is 5.41 Å². The van der Waals surface area contributed by atoms with Crippen LogP contribution in [-0.2, 0) is 49.8 Å². The third-order valence-electron chi connectivity index (χ3n) is 14.4. The zero-order valence-corrected chi connectivity index (χ0v) is 41.4. The molecule has 5 N–H and O–H groups in total. The third kappa shape index (κ3) is 11.1. The molecule has 3 heterocycles. The van der Waals surface area contributed by atoms with Crippen LogP contribution in [0.2, 0.25) is 0 Å². The number of nitrogens with one attached hydrogen (secondary N) is 4. The number of ether oxygens (including phenoxy) is 1.